The second-order valence-corrected chi connectivity index (χ2v) is 6.26. The molecule has 1 saturated heterocycles. The highest BCUT2D eigenvalue weighted by Gasteiger charge is 2.33. The molecule has 1 aliphatic rings. The number of rotatable bonds is 2. The molecule has 1 aromatic carbocycles. The number of anilines is 1. The van der Waals surface area contributed by atoms with Crippen LogP contribution in [0.3, 0.4) is 0 Å². The molecular formula is C18H26N2O2. The van der Waals surface area contributed by atoms with Crippen molar-refractivity contribution in [1.82, 2.24) is 4.90 Å². The number of piperidine rings is 1. The lowest BCUT2D eigenvalue weighted by Crippen LogP contribution is -2.51. The van der Waals surface area contributed by atoms with E-state index in [1.54, 1.807) is 4.90 Å². The van der Waals surface area contributed by atoms with E-state index < -0.39 is 11.8 Å². The fourth-order valence-corrected chi connectivity index (χ4v) is 3.31. The smallest absolute Gasteiger partial charge is 0.313 e. The average molecular weight is 302 g/mol. The topological polar surface area (TPSA) is 49.4 Å². The third kappa shape index (κ3) is 3.32. The molecule has 1 heterocycles. The fourth-order valence-electron chi connectivity index (χ4n) is 3.31. The summed E-state index contributed by atoms with van der Waals surface area (Å²) in [5.74, 6) is -0.936. The van der Waals surface area contributed by atoms with E-state index in [0.717, 1.165) is 42.5 Å². The van der Waals surface area contributed by atoms with Crippen LogP contribution in [0.1, 0.15) is 51.2 Å². The van der Waals surface area contributed by atoms with E-state index in [1.807, 2.05) is 45.9 Å². The Balaban J connectivity index is 2.17. The number of aryl methyl sites for hydroxylation is 2. The Morgan fingerprint density at radius 2 is 1.86 bits per heavy atom. The van der Waals surface area contributed by atoms with Crippen molar-refractivity contribution in [2.45, 2.75) is 65.5 Å². The van der Waals surface area contributed by atoms with Gasteiger partial charge in [-0.15, -0.1) is 0 Å². The summed E-state index contributed by atoms with van der Waals surface area (Å²) in [7, 11) is 0. The molecule has 22 heavy (non-hydrogen) atoms. The largest absolute Gasteiger partial charge is 0.329 e. The summed E-state index contributed by atoms with van der Waals surface area (Å²) >= 11 is 0. The summed E-state index contributed by atoms with van der Waals surface area (Å²) in [6, 6.07) is 6.17. The lowest BCUT2D eigenvalue weighted by Gasteiger charge is -2.38. The van der Waals surface area contributed by atoms with Gasteiger partial charge in [-0.1, -0.05) is 25.1 Å². The number of carbonyl (C=O) groups is 2. The molecule has 2 amide bonds. The van der Waals surface area contributed by atoms with Crippen LogP contribution in [0.25, 0.3) is 0 Å². The Kier molecular flexibility index (Phi) is 5.22. The van der Waals surface area contributed by atoms with Gasteiger partial charge in [0.1, 0.15) is 0 Å². The highest BCUT2D eigenvalue weighted by atomic mass is 16.2. The van der Waals surface area contributed by atoms with Crippen LogP contribution in [0.5, 0.6) is 0 Å². The Labute approximate surface area is 132 Å². The Bertz CT molecular complexity index is 558. The van der Waals surface area contributed by atoms with Gasteiger partial charge in [-0.3, -0.25) is 9.59 Å². The molecule has 0 saturated carbocycles. The lowest BCUT2D eigenvalue weighted by molar-refractivity contribution is -0.147. The van der Waals surface area contributed by atoms with Crippen LogP contribution in [0.2, 0.25) is 0 Å². The van der Waals surface area contributed by atoms with Gasteiger partial charge in [0.15, 0.2) is 0 Å². The molecule has 1 fully saturated rings. The summed E-state index contributed by atoms with van der Waals surface area (Å²) in [4.78, 5) is 26.7. The third-order valence-electron chi connectivity index (χ3n) is 4.60. The number of nitrogens with one attached hydrogen (secondary N) is 1. The minimum atomic E-state index is -0.524. The van der Waals surface area contributed by atoms with Gasteiger partial charge in [0, 0.05) is 17.8 Å². The highest BCUT2D eigenvalue weighted by Crippen LogP contribution is 2.24. The Morgan fingerprint density at radius 1 is 1.23 bits per heavy atom. The molecule has 1 aliphatic heterocycles. The summed E-state index contributed by atoms with van der Waals surface area (Å²) in [5, 5.41) is 2.84. The predicted molar refractivity (Wildman–Crippen MR) is 88.8 cm³/mol. The van der Waals surface area contributed by atoms with Gasteiger partial charge in [-0.25, -0.2) is 0 Å². The van der Waals surface area contributed by atoms with Crippen molar-refractivity contribution in [3.8, 4) is 0 Å². The normalized spacial score (nSPS) is 21.5. The molecule has 1 N–H and O–H groups in total. The third-order valence-corrected chi connectivity index (χ3v) is 4.60. The first-order valence-corrected chi connectivity index (χ1v) is 8.17. The minimum Gasteiger partial charge on any atom is -0.329 e. The van der Waals surface area contributed by atoms with Crippen LogP contribution in [0.15, 0.2) is 18.2 Å². The van der Waals surface area contributed by atoms with Gasteiger partial charge in [0.2, 0.25) is 0 Å². The molecule has 0 radical (unpaired) electrons. The monoisotopic (exact) mass is 302 g/mol. The standard InChI is InChI=1S/C18H26N2O2/c1-5-15-11-6-8-12(2)16(15)19-17(21)18(22)20-13(3)9-7-10-14(20)4/h6,8,11,13-14H,5,7,9-10H2,1-4H3,(H,19,21). The molecule has 0 spiro atoms. The van der Waals surface area contributed by atoms with Gasteiger partial charge < -0.3 is 10.2 Å². The predicted octanol–water partition coefficient (Wildman–Crippen LogP) is 3.29. The number of benzene rings is 1. The summed E-state index contributed by atoms with van der Waals surface area (Å²) < 4.78 is 0. The first-order chi connectivity index (χ1) is 10.5. The van der Waals surface area contributed by atoms with Crippen LogP contribution >= 0.6 is 0 Å². The molecule has 2 unspecified atom stereocenters. The fraction of sp³-hybridized carbons (Fsp3) is 0.556. The molecule has 4 heteroatoms. The van der Waals surface area contributed by atoms with Crippen LogP contribution in [0, 0.1) is 6.92 Å². The maximum absolute atomic E-state index is 12.5. The van der Waals surface area contributed by atoms with Crippen LogP contribution in [-0.4, -0.2) is 28.8 Å². The van der Waals surface area contributed by atoms with Crippen molar-refractivity contribution in [1.29, 1.82) is 0 Å². The molecule has 4 nitrogen and oxygen atoms in total. The first kappa shape index (κ1) is 16.5. The van der Waals surface area contributed by atoms with Crippen LogP contribution in [0.4, 0.5) is 5.69 Å². The molecule has 0 bridgehead atoms. The van der Waals surface area contributed by atoms with Gasteiger partial charge in [0.25, 0.3) is 0 Å². The molecule has 0 aromatic heterocycles. The number of carbonyl (C=O) groups excluding carboxylic acids is 2. The Morgan fingerprint density at radius 3 is 2.45 bits per heavy atom. The highest BCUT2D eigenvalue weighted by molar-refractivity contribution is 6.39. The number of hydrogen-bond acceptors (Lipinski definition) is 2. The molecule has 2 atom stereocenters. The number of nitrogens with zero attached hydrogens (tertiary/aromatic N) is 1. The van der Waals surface area contributed by atoms with Crippen molar-refractivity contribution in [3.63, 3.8) is 0 Å². The zero-order chi connectivity index (χ0) is 16.3. The second-order valence-electron chi connectivity index (χ2n) is 6.26. The number of likely N-dealkylation sites (tertiary alicyclic amines) is 1. The molecule has 2 rings (SSSR count). The summed E-state index contributed by atoms with van der Waals surface area (Å²) in [6.45, 7) is 8.03. The summed E-state index contributed by atoms with van der Waals surface area (Å²) in [6.07, 6.45) is 3.87. The molecular weight excluding hydrogens is 276 g/mol. The molecule has 120 valence electrons. The zero-order valence-electron chi connectivity index (χ0n) is 14.0. The van der Waals surface area contributed by atoms with E-state index in [4.69, 9.17) is 0 Å². The lowest BCUT2D eigenvalue weighted by atomic mass is 9.97. The maximum atomic E-state index is 12.5. The van der Waals surface area contributed by atoms with E-state index in [9.17, 15) is 9.59 Å². The number of amides is 2. The second kappa shape index (κ2) is 6.95. The Hall–Kier alpha value is -1.84. The van der Waals surface area contributed by atoms with Crippen molar-refractivity contribution in [2.75, 3.05) is 5.32 Å². The van der Waals surface area contributed by atoms with E-state index >= 15 is 0 Å². The SMILES string of the molecule is CCc1cccc(C)c1NC(=O)C(=O)N1C(C)CCCC1C. The zero-order valence-corrected chi connectivity index (χ0v) is 14.0. The molecule has 1 aromatic rings. The number of hydrogen-bond donors (Lipinski definition) is 1. The first-order valence-electron chi connectivity index (χ1n) is 8.17. The van der Waals surface area contributed by atoms with E-state index in [0.29, 0.717) is 0 Å². The van der Waals surface area contributed by atoms with Gasteiger partial charge in [-0.05, 0) is 57.6 Å². The van der Waals surface area contributed by atoms with Crippen molar-refractivity contribution < 1.29 is 9.59 Å². The van der Waals surface area contributed by atoms with Crippen molar-refractivity contribution >= 4 is 17.5 Å². The van der Waals surface area contributed by atoms with Crippen LogP contribution < -0.4 is 5.32 Å². The van der Waals surface area contributed by atoms with Crippen LogP contribution in [-0.2, 0) is 16.0 Å². The van der Waals surface area contributed by atoms with E-state index in [2.05, 4.69) is 5.32 Å². The van der Waals surface area contributed by atoms with E-state index in [1.165, 1.54) is 0 Å². The van der Waals surface area contributed by atoms with Gasteiger partial charge in [0.05, 0.1) is 0 Å². The average Bonchev–Trinajstić information content (AvgIpc) is 2.48. The quantitative estimate of drug-likeness (QED) is 0.852. The summed E-state index contributed by atoms with van der Waals surface area (Å²) in [5.41, 5.74) is 2.82. The molecule has 0 aliphatic carbocycles. The maximum Gasteiger partial charge on any atom is 0.313 e. The van der Waals surface area contributed by atoms with Gasteiger partial charge in [-0.2, -0.15) is 0 Å². The van der Waals surface area contributed by atoms with E-state index in [-0.39, 0.29) is 12.1 Å². The van der Waals surface area contributed by atoms with Crippen molar-refractivity contribution in [3.05, 3.63) is 29.3 Å². The van der Waals surface area contributed by atoms with Gasteiger partial charge >= 0.3 is 11.8 Å². The number of para-hydroxylation sites is 1. The minimum absolute atomic E-state index is 0.129. The van der Waals surface area contributed by atoms with Crippen molar-refractivity contribution in [2.24, 2.45) is 0 Å².